The average molecular weight is 361 g/mol. The second-order valence-corrected chi connectivity index (χ2v) is 7.79. The van der Waals surface area contributed by atoms with Crippen LogP contribution in [0.1, 0.15) is 53.0 Å². The monoisotopic (exact) mass is 361 g/mol. The zero-order valence-corrected chi connectivity index (χ0v) is 16.4. The molecule has 1 amide bonds. The SMILES string of the molecule is CCC(C)NCC(O)COc1ccc(NC(=O)CC(C)(C)C)cc1C#N. The molecular formula is C20H31N3O3. The highest BCUT2D eigenvalue weighted by Gasteiger charge is 2.16. The third-order valence-corrected chi connectivity index (χ3v) is 3.82. The largest absolute Gasteiger partial charge is 0.489 e. The lowest BCUT2D eigenvalue weighted by atomic mass is 9.92. The lowest BCUT2D eigenvalue weighted by molar-refractivity contribution is -0.117. The minimum absolute atomic E-state index is 0.0911. The summed E-state index contributed by atoms with van der Waals surface area (Å²) in [7, 11) is 0. The molecule has 0 aliphatic carbocycles. The van der Waals surface area contributed by atoms with Crippen LogP contribution >= 0.6 is 0 Å². The summed E-state index contributed by atoms with van der Waals surface area (Å²) in [6.07, 6.45) is 0.707. The molecular weight excluding hydrogens is 330 g/mol. The Balaban J connectivity index is 2.63. The van der Waals surface area contributed by atoms with Crippen LogP contribution in [0.2, 0.25) is 0 Å². The van der Waals surface area contributed by atoms with E-state index < -0.39 is 6.10 Å². The first kappa shape index (κ1) is 21.9. The van der Waals surface area contributed by atoms with Gasteiger partial charge < -0.3 is 20.5 Å². The summed E-state index contributed by atoms with van der Waals surface area (Å²) >= 11 is 0. The topological polar surface area (TPSA) is 94.4 Å². The molecule has 0 fully saturated rings. The number of carbonyl (C=O) groups excluding carboxylic acids is 1. The number of anilines is 1. The number of benzene rings is 1. The van der Waals surface area contributed by atoms with Crippen molar-refractivity contribution in [3.05, 3.63) is 23.8 Å². The molecule has 2 unspecified atom stereocenters. The van der Waals surface area contributed by atoms with Crippen LogP contribution in [0, 0.1) is 16.7 Å². The quantitative estimate of drug-likeness (QED) is 0.628. The molecule has 2 atom stereocenters. The lowest BCUT2D eigenvalue weighted by Crippen LogP contribution is -2.36. The molecule has 6 heteroatoms. The summed E-state index contributed by atoms with van der Waals surface area (Å²) < 4.78 is 5.57. The minimum Gasteiger partial charge on any atom is -0.489 e. The third-order valence-electron chi connectivity index (χ3n) is 3.82. The molecule has 0 saturated heterocycles. The summed E-state index contributed by atoms with van der Waals surface area (Å²) in [5, 5.41) is 25.3. The second kappa shape index (κ2) is 10.1. The van der Waals surface area contributed by atoms with Crippen LogP contribution in [0.15, 0.2) is 18.2 Å². The van der Waals surface area contributed by atoms with Crippen molar-refractivity contribution < 1.29 is 14.6 Å². The zero-order valence-electron chi connectivity index (χ0n) is 16.4. The fourth-order valence-corrected chi connectivity index (χ4v) is 2.23. The predicted octanol–water partition coefficient (Wildman–Crippen LogP) is 3.06. The summed E-state index contributed by atoms with van der Waals surface area (Å²) in [5.74, 6) is 0.297. The molecule has 6 nitrogen and oxygen atoms in total. The Hall–Kier alpha value is -2.10. The van der Waals surface area contributed by atoms with Gasteiger partial charge in [0.25, 0.3) is 0 Å². The van der Waals surface area contributed by atoms with Crippen molar-refractivity contribution in [3.8, 4) is 11.8 Å². The van der Waals surface area contributed by atoms with Gasteiger partial charge in [0.2, 0.25) is 5.91 Å². The first-order valence-electron chi connectivity index (χ1n) is 9.03. The van der Waals surface area contributed by atoms with E-state index >= 15 is 0 Å². The Labute approximate surface area is 156 Å². The predicted molar refractivity (Wildman–Crippen MR) is 103 cm³/mol. The lowest BCUT2D eigenvalue weighted by Gasteiger charge is -2.18. The molecule has 0 bridgehead atoms. The van der Waals surface area contributed by atoms with Gasteiger partial charge in [0.1, 0.15) is 24.5 Å². The van der Waals surface area contributed by atoms with Crippen molar-refractivity contribution in [1.82, 2.24) is 5.32 Å². The highest BCUT2D eigenvalue weighted by Crippen LogP contribution is 2.24. The first-order valence-corrected chi connectivity index (χ1v) is 9.03. The van der Waals surface area contributed by atoms with Crippen LogP contribution < -0.4 is 15.4 Å². The Kier molecular flexibility index (Phi) is 8.56. The van der Waals surface area contributed by atoms with Crippen molar-refractivity contribution in [1.29, 1.82) is 5.26 Å². The number of hydrogen-bond donors (Lipinski definition) is 3. The van der Waals surface area contributed by atoms with Crippen molar-refractivity contribution in [2.24, 2.45) is 5.41 Å². The van der Waals surface area contributed by atoms with Crippen molar-refractivity contribution in [2.45, 2.75) is 59.6 Å². The van der Waals surface area contributed by atoms with Crippen LogP contribution in [0.25, 0.3) is 0 Å². The van der Waals surface area contributed by atoms with Crippen LogP contribution in [0.5, 0.6) is 5.75 Å². The van der Waals surface area contributed by atoms with Crippen molar-refractivity contribution >= 4 is 11.6 Å². The smallest absolute Gasteiger partial charge is 0.224 e. The summed E-state index contributed by atoms with van der Waals surface area (Å²) in [4.78, 5) is 12.0. The number of nitriles is 1. The van der Waals surface area contributed by atoms with E-state index in [1.807, 2.05) is 27.7 Å². The van der Waals surface area contributed by atoms with E-state index in [-0.39, 0.29) is 17.9 Å². The van der Waals surface area contributed by atoms with Crippen LogP contribution in [-0.2, 0) is 4.79 Å². The van der Waals surface area contributed by atoms with Gasteiger partial charge in [0, 0.05) is 24.7 Å². The van der Waals surface area contributed by atoms with Gasteiger partial charge in [-0.25, -0.2) is 0 Å². The summed E-state index contributed by atoms with van der Waals surface area (Å²) in [5.41, 5.74) is 0.771. The molecule has 1 rings (SSSR count). The summed E-state index contributed by atoms with van der Waals surface area (Å²) in [6.45, 7) is 10.6. The number of nitrogens with one attached hydrogen (secondary N) is 2. The van der Waals surface area contributed by atoms with Gasteiger partial charge >= 0.3 is 0 Å². The first-order chi connectivity index (χ1) is 12.1. The van der Waals surface area contributed by atoms with E-state index in [0.717, 1.165) is 6.42 Å². The minimum atomic E-state index is -0.665. The van der Waals surface area contributed by atoms with Crippen LogP contribution in [0.4, 0.5) is 5.69 Å². The summed E-state index contributed by atoms with van der Waals surface area (Å²) in [6, 6.07) is 7.31. The van der Waals surface area contributed by atoms with Gasteiger partial charge in [0.05, 0.1) is 5.56 Å². The number of rotatable bonds is 9. The normalized spacial score (nSPS) is 13.6. The number of amides is 1. The van der Waals surface area contributed by atoms with Crippen LogP contribution in [0.3, 0.4) is 0 Å². The maximum Gasteiger partial charge on any atom is 0.224 e. The van der Waals surface area contributed by atoms with E-state index in [0.29, 0.717) is 36.0 Å². The second-order valence-electron chi connectivity index (χ2n) is 7.79. The van der Waals surface area contributed by atoms with Gasteiger partial charge in [-0.2, -0.15) is 5.26 Å². The highest BCUT2D eigenvalue weighted by molar-refractivity contribution is 5.91. The molecule has 3 N–H and O–H groups in total. The zero-order chi connectivity index (χ0) is 19.7. The van der Waals surface area contributed by atoms with Gasteiger partial charge in [0.15, 0.2) is 0 Å². The van der Waals surface area contributed by atoms with E-state index in [4.69, 9.17) is 4.74 Å². The number of nitrogens with zero attached hydrogens (tertiary/aromatic N) is 1. The molecule has 0 spiro atoms. The van der Waals surface area contributed by atoms with E-state index in [9.17, 15) is 15.2 Å². The van der Waals surface area contributed by atoms with Gasteiger partial charge in [-0.15, -0.1) is 0 Å². The number of aliphatic hydroxyl groups excluding tert-OH is 1. The van der Waals surface area contributed by atoms with Gasteiger partial charge in [-0.3, -0.25) is 4.79 Å². The standard InChI is InChI=1S/C20H31N3O3/c1-6-14(2)22-12-17(24)13-26-18-8-7-16(9-15(18)11-21)23-19(25)10-20(3,4)5/h7-9,14,17,22,24H,6,10,12-13H2,1-5H3,(H,23,25). The molecule has 0 saturated carbocycles. The number of ether oxygens (including phenoxy) is 1. The Morgan fingerprint density at radius 3 is 2.65 bits per heavy atom. The third kappa shape index (κ3) is 8.32. The fourth-order valence-electron chi connectivity index (χ4n) is 2.23. The molecule has 0 radical (unpaired) electrons. The molecule has 0 heterocycles. The maximum atomic E-state index is 12.0. The van der Waals surface area contributed by atoms with Gasteiger partial charge in [-0.1, -0.05) is 27.7 Å². The number of hydrogen-bond acceptors (Lipinski definition) is 5. The fraction of sp³-hybridized carbons (Fsp3) is 0.600. The molecule has 0 aromatic heterocycles. The molecule has 1 aromatic rings. The number of carbonyl (C=O) groups is 1. The van der Waals surface area contributed by atoms with Crippen LogP contribution in [-0.4, -0.2) is 36.3 Å². The molecule has 0 aliphatic heterocycles. The Morgan fingerprint density at radius 2 is 2.08 bits per heavy atom. The number of aliphatic hydroxyl groups is 1. The highest BCUT2D eigenvalue weighted by atomic mass is 16.5. The molecule has 144 valence electrons. The van der Waals surface area contributed by atoms with Gasteiger partial charge in [-0.05, 0) is 37.0 Å². The molecule has 0 aliphatic rings. The van der Waals surface area contributed by atoms with E-state index in [1.54, 1.807) is 18.2 Å². The van der Waals surface area contributed by atoms with E-state index in [2.05, 4.69) is 23.6 Å². The van der Waals surface area contributed by atoms with Crippen molar-refractivity contribution in [2.75, 3.05) is 18.5 Å². The molecule has 26 heavy (non-hydrogen) atoms. The molecule has 1 aromatic carbocycles. The average Bonchev–Trinajstić information content (AvgIpc) is 2.56. The Morgan fingerprint density at radius 1 is 1.38 bits per heavy atom. The maximum absolute atomic E-state index is 12.0. The Bertz CT molecular complexity index is 632. The van der Waals surface area contributed by atoms with Crippen molar-refractivity contribution in [3.63, 3.8) is 0 Å². The van der Waals surface area contributed by atoms with E-state index in [1.165, 1.54) is 0 Å².